The number of benzene rings is 2. The Labute approximate surface area is 145 Å². The van der Waals surface area contributed by atoms with E-state index >= 15 is 0 Å². The summed E-state index contributed by atoms with van der Waals surface area (Å²) in [6.45, 7) is 0.897. The van der Waals surface area contributed by atoms with Gasteiger partial charge in [-0.3, -0.25) is 9.69 Å². The molecule has 0 aliphatic carbocycles. The topological polar surface area (TPSA) is 32.3 Å². The van der Waals surface area contributed by atoms with Gasteiger partial charge in [0.05, 0.1) is 6.54 Å². The van der Waals surface area contributed by atoms with Crippen LogP contribution in [0.25, 0.3) is 0 Å². The predicted molar refractivity (Wildman–Crippen MR) is 91.0 cm³/mol. The van der Waals surface area contributed by atoms with Gasteiger partial charge in [-0.25, -0.2) is 4.39 Å². The molecule has 0 fully saturated rings. The van der Waals surface area contributed by atoms with E-state index in [1.165, 1.54) is 6.07 Å². The number of likely N-dealkylation sites (N-methyl/N-ethyl adjacent to an activating group) is 1. The number of rotatable bonds is 6. The van der Waals surface area contributed by atoms with Crippen molar-refractivity contribution in [1.82, 2.24) is 10.2 Å². The van der Waals surface area contributed by atoms with E-state index in [0.29, 0.717) is 22.2 Å². The summed E-state index contributed by atoms with van der Waals surface area (Å²) in [5.41, 5.74) is 1.39. The van der Waals surface area contributed by atoms with E-state index in [4.69, 9.17) is 23.2 Å². The van der Waals surface area contributed by atoms with Crippen molar-refractivity contribution in [3.05, 3.63) is 69.5 Å². The van der Waals surface area contributed by atoms with Gasteiger partial charge in [-0.2, -0.15) is 0 Å². The number of hydrogen-bond donors (Lipinski definition) is 1. The summed E-state index contributed by atoms with van der Waals surface area (Å²) in [5, 5.41) is 3.83. The first kappa shape index (κ1) is 17.7. The van der Waals surface area contributed by atoms with Crippen LogP contribution in [0.5, 0.6) is 0 Å². The molecule has 23 heavy (non-hydrogen) atoms. The zero-order chi connectivity index (χ0) is 16.8. The Balaban J connectivity index is 1.84. The van der Waals surface area contributed by atoms with Gasteiger partial charge in [0.25, 0.3) is 0 Å². The minimum Gasteiger partial charge on any atom is -0.351 e. The maximum absolute atomic E-state index is 13.5. The summed E-state index contributed by atoms with van der Waals surface area (Å²) in [4.78, 5) is 13.8. The second kappa shape index (κ2) is 8.29. The van der Waals surface area contributed by atoms with Crippen LogP contribution in [0.2, 0.25) is 10.0 Å². The van der Waals surface area contributed by atoms with E-state index in [0.717, 1.165) is 5.56 Å². The molecule has 0 heterocycles. The Kier molecular flexibility index (Phi) is 6.39. The Bertz CT molecular complexity index is 674. The van der Waals surface area contributed by atoms with Crippen molar-refractivity contribution in [1.29, 1.82) is 0 Å². The molecule has 6 heteroatoms. The van der Waals surface area contributed by atoms with Gasteiger partial charge in [0.1, 0.15) is 5.82 Å². The third-order valence-corrected chi connectivity index (χ3v) is 3.66. The van der Waals surface area contributed by atoms with Crippen molar-refractivity contribution in [2.24, 2.45) is 0 Å². The number of amides is 1. The lowest BCUT2D eigenvalue weighted by Gasteiger charge is -2.17. The van der Waals surface area contributed by atoms with Crippen LogP contribution in [-0.2, 0) is 17.9 Å². The molecule has 0 unspecified atom stereocenters. The van der Waals surface area contributed by atoms with Gasteiger partial charge in [-0.05, 0) is 36.9 Å². The molecule has 0 aliphatic rings. The molecule has 0 aromatic heterocycles. The maximum atomic E-state index is 13.5. The van der Waals surface area contributed by atoms with Crippen LogP contribution in [0, 0.1) is 5.82 Å². The minimum atomic E-state index is -0.324. The lowest BCUT2D eigenvalue weighted by Crippen LogP contribution is -2.34. The van der Waals surface area contributed by atoms with Gasteiger partial charge in [-0.1, -0.05) is 41.4 Å². The molecule has 122 valence electrons. The minimum absolute atomic E-state index is 0.169. The SMILES string of the molecule is CN(CC(=O)NCc1ccccc1F)Cc1cc(Cl)cc(Cl)c1. The summed E-state index contributed by atoms with van der Waals surface area (Å²) in [6, 6.07) is 11.6. The number of hydrogen-bond acceptors (Lipinski definition) is 2. The molecule has 2 aromatic rings. The molecule has 0 atom stereocenters. The highest BCUT2D eigenvalue weighted by molar-refractivity contribution is 6.34. The molecule has 0 spiro atoms. The number of nitrogens with zero attached hydrogens (tertiary/aromatic N) is 1. The molecule has 0 aliphatic heterocycles. The van der Waals surface area contributed by atoms with Gasteiger partial charge in [0.15, 0.2) is 0 Å². The average molecular weight is 355 g/mol. The van der Waals surface area contributed by atoms with Crippen molar-refractivity contribution in [3.63, 3.8) is 0 Å². The Morgan fingerprint density at radius 2 is 1.83 bits per heavy atom. The van der Waals surface area contributed by atoms with Gasteiger partial charge >= 0.3 is 0 Å². The quantitative estimate of drug-likeness (QED) is 0.853. The van der Waals surface area contributed by atoms with Crippen molar-refractivity contribution in [2.75, 3.05) is 13.6 Å². The lowest BCUT2D eigenvalue weighted by atomic mass is 10.2. The first-order valence-corrected chi connectivity index (χ1v) is 7.83. The normalized spacial score (nSPS) is 10.8. The van der Waals surface area contributed by atoms with Crippen molar-refractivity contribution >= 4 is 29.1 Å². The second-order valence-corrected chi connectivity index (χ2v) is 6.19. The third kappa shape index (κ3) is 5.82. The molecule has 3 nitrogen and oxygen atoms in total. The molecular formula is C17H17Cl2FN2O. The van der Waals surface area contributed by atoms with E-state index < -0.39 is 0 Å². The van der Waals surface area contributed by atoms with Gasteiger partial charge in [0, 0.05) is 28.7 Å². The van der Waals surface area contributed by atoms with Crippen LogP contribution in [-0.4, -0.2) is 24.4 Å². The molecule has 0 radical (unpaired) electrons. The summed E-state index contributed by atoms with van der Waals surface area (Å²) in [7, 11) is 1.82. The Hall–Kier alpha value is -1.62. The molecule has 2 rings (SSSR count). The van der Waals surface area contributed by atoms with Crippen LogP contribution in [0.15, 0.2) is 42.5 Å². The first-order chi connectivity index (χ1) is 10.9. The highest BCUT2D eigenvalue weighted by Gasteiger charge is 2.09. The van der Waals surface area contributed by atoms with Crippen LogP contribution >= 0.6 is 23.2 Å². The summed E-state index contributed by atoms with van der Waals surface area (Å²) < 4.78 is 13.5. The third-order valence-electron chi connectivity index (χ3n) is 3.22. The summed E-state index contributed by atoms with van der Waals surface area (Å²) in [6.07, 6.45) is 0. The molecule has 0 saturated carbocycles. The highest BCUT2D eigenvalue weighted by Crippen LogP contribution is 2.19. The molecule has 1 amide bonds. The largest absolute Gasteiger partial charge is 0.351 e. The molecular weight excluding hydrogens is 338 g/mol. The fourth-order valence-electron chi connectivity index (χ4n) is 2.21. The zero-order valence-electron chi connectivity index (χ0n) is 12.7. The number of carbonyl (C=O) groups is 1. The zero-order valence-corrected chi connectivity index (χ0v) is 14.2. The lowest BCUT2D eigenvalue weighted by molar-refractivity contribution is -0.122. The maximum Gasteiger partial charge on any atom is 0.234 e. The second-order valence-electron chi connectivity index (χ2n) is 5.32. The Morgan fingerprint density at radius 1 is 1.17 bits per heavy atom. The van der Waals surface area contributed by atoms with Crippen molar-refractivity contribution in [3.8, 4) is 0 Å². The first-order valence-electron chi connectivity index (χ1n) is 7.07. The number of halogens is 3. The van der Waals surface area contributed by atoms with E-state index in [1.807, 2.05) is 11.9 Å². The summed E-state index contributed by atoms with van der Waals surface area (Å²) >= 11 is 11.9. The fourth-order valence-corrected chi connectivity index (χ4v) is 2.78. The van der Waals surface area contributed by atoms with Crippen LogP contribution in [0.1, 0.15) is 11.1 Å². The molecule has 0 saturated heterocycles. The van der Waals surface area contributed by atoms with Crippen LogP contribution in [0.4, 0.5) is 4.39 Å². The molecule has 2 aromatic carbocycles. The van der Waals surface area contributed by atoms with E-state index in [-0.39, 0.29) is 24.8 Å². The molecule has 0 bridgehead atoms. The monoisotopic (exact) mass is 354 g/mol. The van der Waals surface area contributed by atoms with Gasteiger partial charge < -0.3 is 5.32 Å². The smallest absolute Gasteiger partial charge is 0.234 e. The van der Waals surface area contributed by atoms with Crippen LogP contribution in [0.3, 0.4) is 0 Å². The van der Waals surface area contributed by atoms with Crippen LogP contribution < -0.4 is 5.32 Å². The fraction of sp³-hybridized carbons (Fsp3) is 0.235. The highest BCUT2D eigenvalue weighted by atomic mass is 35.5. The van der Waals surface area contributed by atoms with Crippen molar-refractivity contribution in [2.45, 2.75) is 13.1 Å². The Morgan fingerprint density at radius 3 is 2.48 bits per heavy atom. The predicted octanol–water partition coefficient (Wildman–Crippen LogP) is 3.88. The van der Waals surface area contributed by atoms with Gasteiger partial charge in [-0.15, -0.1) is 0 Å². The summed E-state index contributed by atoms with van der Waals surface area (Å²) in [5.74, 6) is -0.501. The number of carbonyl (C=O) groups excluding carboxylic acids is 1. The van der Waals surface area contributed by atoms with E-state index in [2.05, 4.69) is 5.32 Å². The number of nitrogens with one attached hydrogen (secondary N) is 1. The average Bonchev–Trinajstić information content (AvgIpc) is 2.45. The van der Waals surface area contributed by atoms with E-state index in [9.17, 15) is 9.18 Å². The standard InChI is InChI=1S/C17H17Cl2FN2O/c1-22(10-12-6-14(18)8-15(19)7-12)11-17(23)21-9-13-4-2-3-5-16(13)20/h2-8H,9-11H2,1H3,(H,21,23). The van der Waals surface area contributed by atoms with Gasteiger partial charge in [0.2, 0.25) is 5.91 Å². The molecule has 1 N–H and O–H groups in total. The van der Waals surface area contributed by atoms with E-state index in [1.54, 1.807) is 36.4 Å². The van der Waals surface area contributed by atoms with Crippen molar-refractivity contribution < 1.29 is 9.18 Å².